The summed E-state index contributed by atoms with van der Waals surface area (Å²) >= 11 is 0. The normalized spacial score (nSPS) is 22.0. The van der Waals surface area contributed by atoms with Crippen molar-refractivity contribution in [3.8, 4) is 5.75 Å². The average Bonchev–Trinajstić information content (AvgIpc) is 2.61. The number of carbonyl (C=O) groups excluding carboxylic acids is 1. The SMILES string of the molecule is [2H]C([2H])(C)N1C(N)=N[C@](C)(c2cc(NC(=O)c3ccc(O)cn3)cc(F)c2F)CS1(=O)=O. The van der Waals surface area contributed by atoms with Crippen molar-refractivity contribution in [3.05, 3.63) is 53.4 Å². The molecule has 1 aliphatic heterocycles. The first kappa shape index (κ1) is 18.7. The summed E-state index contributed by atoms with van der Waals surface area (Å²) in [5.74, 6) is -5.37. The number of rotatable bonds is 4. The van der Waals surface area contributed by atoms with Crippen molar-refractivity contribution in [3.63, 3.8) is 0 Å². The molecular weight excluding hydrogens is 420 g/mol. The quantitative estimate of drug-likeness (QED) is 0.658. The molecule has 0 fully saturated rings. The van der Waals surface area contributed by atoms with E-state index in [0.29, 0.717) is 6.07 Å². The molecule has 1 aromatic carbocycles. The molecule has 9 nitrogen and oxygen atoms in total. The van der Waals surface area contributed by atoms with Crippen LogP contribution in [0, 0.1) is 11.6 Å². The van der Waals surface area contributed by atoms with Crippen molar-refractivity contribution in [2.24, 2.45) is 10.7 Å². The zero-order valence-corrected chi connectivity index (χ0v) is 16.7. The molecule has 1 aliphatic rings. The van der Waals surface area contributed by atoms with Crippen LogP contribution in [0.3, 0.4) is 0 Å². The highest BCUT2D eigenvalue weighted by Crippen LogP contribution is 2.36. The number of hydrogen-bond acceptors (Lipinski definition) is 7. The Labute approximate surface area is 174 Å². The number of benzene rings is 1. The summed E-state index contributed by atoms with van der Waals surface area (Å²) < 4.78 is 70.1. The molecule has 0 saturated heterocycles. The number of sulfonamides is 1. The maximum atomic E-state index is 14.7. The maximum Gasteiger partial charge on any atom is 0.274 e. The maximum absolute atomic E-state index is 14.7. The fourth-order valence-electron chi connectivity index (χ4n) is 3.05. The van der Waals surface area contributed by atoms with Gasteiger partial charge in [-0.15, -0.1) is 0 Å². The lowest BCUT2D eigenvalue weighted by atomic mass is 9.93. The van der Waals surface area contributed by atoms with Crippen LogP contribution in [0.25, 0.3) is 0 Å². The number of anilines is 1. The second-order valence-corrected chi connectivity index (χ2v) is 8.48. The highest BCUT2D eigenvalue weighted by molar-refractivity contribution is 7.89. The Kier molecular flexibility index (Phi) is 4.69. The highest BCUT2D eigenvalue weighted by Gasteiger charge is 2.43. The minimum atomic E-state index is -4.41. The van der Waals surface area contributed by atoms with E-state index in [0.717, 1.165) is 19.2 Å². The number of halogens is 2. The zero-order valence-electron chi connectivity index (χ0n) is 17.8. The summed E-state index contributed by atoms with van der Waals surface area (Å²) in [6.45, 7) is -0.251. The molecule has 0 unspecified atom stereocenters. The predicted molar refractivity (Wildman–Crippen MR) is 105 cm³/mol. The molecule has 2 heterocycles. The van der Waals surface area contributed by atoms with Crippen molar-refractivity contribution in [1.82, 2.24) is 9.29 Å². The first-order chi connectivity index (χ1) is 14.6. The number of aliphatic imine (C=N–C) groups is 1. The third-order valence-electron chi connectivity index (χ3n) is 4.36. The van der Waals surface area contributed by atoms with Gasteiger partial charge in [0.1, 0.15) is 17.0 Å². The largest absolute Gasteiger partial charge is 0.506 e. The van der Waals surface area contributed by atoms with Crippen LogP contribution in [-0.2, 0) is 15.6 Å². The van der Waals surface area contributed by atoms with Gasteiger partial charge in [0.15, 0.2) is 11.6 Å². The fourth-order valence-corrected chi connectivity index (χ4v) is 4.72. The number of amides is 1. The topological polar surface area (TPSA) is 138 Å². The summed E-state index contributed by atoms with van der Waals surface area (Å²) in [7, 11) is -4.41. The van der Waals surface area contributed by atoms with E-state index >= 15 is 0 Å². The molecule has 30 heavy (non-hydrogen) atoms. The van der Waals surface area contributed by atoms with E-state index in [1.165, 1.54) is 19.1 Å². The first-order valence-electron chi connectivity index (χ1n) is 9.48. The van der Waals surface area contributed by atoms with Gasteiger partial charge in [-0.05, 0) is 32.0 Å². The fraction of sp³-hybridized carbons (Fsp3) is 0.278. The highest BCUT2D eigenvalue weighted by atomic mass is 32.2. The molecule has 2 aromatic rings. The zero-order chi connectivity index (χ0) is 24.1. The van der Waals surface area contributed by atoms with Gasteiger partial charge < -0.3 is 16.2 Å². The van der Waals surface area contributed by atoms with Gasteiger partial charge in [0.25, 0.3) is 5.91 Å². The standard InChI is InChI=1S/C18H19F2N5O4S/c1-3-25-17(21)24-18(2,9-30(25,28)29)12-6-10(7-13(19)15(12)20)23-16(27)14-5-4-11(26)8-22-14/h4-8,26H,3,9H2,1-2H3,(H2,21,24)(H,23,27)/t18-/m0/s1/i3D2. The van der Waals surface area contributed by atoms with Crippen LogP contribution in [0.4, 0.5) is 14.5 Å². The third kappa shape index (κ3) is 3.90. The molecule has 12 heteroatoms. The lowest BCUT2D eigenvalue weighted by Gasteiger charge is -2.36. The lowest BCUT2D eigenvalue weighted by Crippen LogP contribution is -2.52. The Balaban J connectivity index is 2.05. The third-order valence-corrected chi connectivity index (χ3v) is 6.21. The van der Waals surface area contributed by atoms with E-state index < -0.39 is 56.9 Å². The van der Waals surface area contributed by atoms with Crippen molar-refractivity contribution in [1.29, 1.82) is 0 Å². The van der Waals surface area contributed by atoms with Crippen LogP contribution in [0.2, 0.25) is 0 Å². The molecule has 0 aliphatic carbocycles. The van der Waals surface area contributed by atoms with E-state index in [-0.39, 0.29) is 21.4 Å². The van der Waals surface area contributed by atoms with Crippen LogP contribution < -0.4 is 11.1 Å². The number of nitrogens with zero attached hydrogens (tertiary/aromatic N) is 3. The molecule has 1 amide bonds. The summed E-state index contributed by atoms with van der Waals surface area (Å²) in [6, 6.07) is 4.13. The average molecular weight is 441 g/mol. The number of aromatic hydroxyl groups is 1. The Morgan fingerprint density at radius 3 is 2.70 bits per heavy atom. The molecule has 4 N–H and O–H groups in total. The smallest absolute Gasteiger partial charge is 0.274 e. The lowest BCUT2D eigenvalue weighted by molar-refractivity contribution is 0.102. The predicted octanol–water partition coefficient (Wildman–Crippen LogP) is 1.51. The van der Waals surface area contributed by atoms with Crippen LogP contribution in [0.5, 0.6) is 5.75 Å². The first-order valence-corrected chi connectivity index (χ1v) is 10.1. The van der Waals surface area contributed by atoms with Crippen molar-refractivity contribution in [2.75, 3.05) is 17.6 Å². The Bertz CT molecular complexity index is 1220. The van der Waals surface area contributed by atoms with E-state index in [1.807, 2.05) is 0 Å². The van der Waals surface area contributed by atoms with Crippen LogP contribution in [-0.4, -0.2) is 46.9 Å². The molecule has 3 rings (SSSR count). The minimum Gasteiger partial charge on any atom is -0.506 e. The van der Waals surface area contributed by atoms with Crippen LogP contribution in [0.1, 0.15) is 32.6 Å². The van der Waals surface area contributed by atoms with Gasteiger partial charge in [-0.3, -0.25) is 4.79 Å². The Hall–Kier alpha value is -3.28. The Morgan fingerprint density at radius 1 is 1.43 bits per heavy atom. The monoisotopic (exact) mass is 441 g/mol. The molecule has 0 saturated carbocycles. The molecule has 1 aromatic heterocycles. The van der Waals surface area contributed by atoms with Gasteiger partial charge in [-0.2, -0.15) is 0 Å². The number of aromatic nitrogens is 1. The number of carbonyl (C=O) groups is 1. The second kappa shape index (κ2) is 7.52. The number of guanidine groups is 1. The molecule has 160 valence electrons. The van der Waals surface area contributed by atoms with Crippen molar-refractivity contribution < 1.29 is 29.8 Å². The van der Waals surface area contributed by atoms with Gasteiger partial charge in [-0.1, -0.05) is 0 Å². The van der Waals surface area contributed by atoms with E-state index in [1.54, 1.807) is 0 Å². The van der Waals surface area contributed by atoms with E-state index in [4.69, 9.17) is 8.48 Å². The van der Waals surface area contributed by atoms with Gasteiger partial charge in [-0.25, -0.2) is 31.5 Å². The van der Waals surface area contributed by atoms with Gasteiger partial charge in [0.05, 0.1) is 14.7 Å². The second-order valence-electron chi connectivity index (χ2n) is 6.66. The number of pyridine rings is 1. The van der Waals surface area contributed by atoms with E-state index in [9.17, 15) is 27.1 Å². The van der Waals surface area contributed by atoms with Crippen molar-refractivity contribution >= 4 is 27.6 Å². The summed E-state index contributed by atoms with van der Waals surface area (Å²) in [6.07, 6.45) is 1.02. The van der Waals surface area contributed by atoms with Crippen LogP contribution >= 0.6 is 0 Å². The summed E-state index contributed by atoms with van der Waals surface area (Å²) in [5, 5.41) is 11.6. The summed E-state index contributed by atoms with van der Waals surface area (Å²) in [5.41, 5.74) is 2.95. The number of nitrogens with one attached hydrogen (secondary N) is 1. The van der Waals surface area contributed by atoms with Crippen LogP contribution in [0.15, 0.2) is 35.5 Å². The van der Waals surface area contributed by atoms with Gasteiger partial charge in [0, 0.05) is 23.8 Å². The van der Waals surface area contributed by atoms with E-state index in [2.05, 4.69) is 15.3 Å². The number of nitrogens with two attached hydrogens (primary N) is 1. The minimum absolute atomic E-state index is 0.122. The Morgan fingerprint density at radius 2 is 2.13 bits per heavy atom. The van der Waals surface area contributed by atoms with Gasteiger partial charge >= 0.3 is 0 Å². The molecule has 0 radical (unpaired) electrons. The molecular formula is C18H19F2N5O4S. The van der Waals surface area contributed by atoms with Gasteiger partial charge in [0.2, 0.25) is 16.0 Å². The molecule has 0 bridgehead atoms. The molecule has 1 atom stereocenters. The molecule has 0 spiro atoms. The van der Waals surface area contributed by atoms with Crippen molar-refractivity contribution in [2.45, 2.75) is 19.4 Å². The summed E-state index contributed by atoms with van der Waals surface area (Å²) in [4.78, 5) is 20.0. The number of hydrogen-bond donors (Lipinski definition) is 3.